The van der Waals surface area contributed by atoms with E-state index in [0.29, 0.717) is 6.54 Å². The van der Waals surface area contributed by atoms with Gasteiger partial charge in [-0.1, -0.05) is 30.3 Å². The van der Waals surface area contributed by atoms with Gasteiger partial charge in [0.15, 0.2) is 0 Å². The molecule has 0 saturated heterocycles. The molecule has 112 valence electrons. The van der Waals surface area contributed by atoms with Gasteiger partial charge in [0.1, 0.15) is 5.75 Å². The third-order valence-electron chi connectivity index (χ3n) is 4.48. The Bertz CT molecular complexity index is 622. The third-order valence-corrected chi connectivity index (χ3v) is 4.48. The highest BCUT2D eigenvalue weighted by atomic mass is 16.5. The van der Waals surface area contributed by atoms with E-state index in [-0.39, 0.29) is 6.04 Å². The number of hydrogen-bond donors (Lipinski definition) is 1. The zero-order valence-electron chi connectivity index (χ0n) is 12.9. The zero-order valence-corrected chi connectivity index (χ0v) is 12.9. The molecular weight excluding hydrogens is 260 g/mol. The summed E-state index contributed by atoms with van der Waals surface area (Å²) in [6, 6.07) is 12.8. The Morgan fingerprint density at radius 3 is 2.67 bits per heavy atom. The van der Waals surface area contributed by atoms with E-state index in [1.54, 1.807) is 7.11 Å². The number of likely N-dealkylation sites (N-methyl/N-ethyl adjacent to an activating group) is 1. The van der Waals surface area contributed by atoms with Crippen molar-refractivity contribution >= 4 is 10.8 Å². The Labute approximate surface area is 126 Å². The number of methoxy groups -OCH3 is 1. The molecule has 0 spiro atoms. The van der Waals surface area contributed by atoms with Crippen molar-refractivity contribution in [3.8, 4) is 5.75 Å². The Morgan fingerprint density at radius 2 is 2.00 bits per heavy atom. The van der Waals surface area contributed by atoms with Crippen LogP contribution >= 0.6 is 0 Å². The van der Waals surface area contributed by atoms with Crippen molar-refractivity contribution in [1.29, 1.82) is 0 Å². The van der Waals surface area contributed by atoms with Gasteiger partial charge in [0.2, 0.25) is 0 Å². The predicted octanol–water partition coefficient (Wildman–Crippen LogP) is 3.19. The van der Waals surface area contributed by atoms with Gasteiger partial charge in [-0.25, -0.2) is 0 Å². The summed E-state index contributed by atoms with van der Waals surface area (Å²) in [5, 5.41) is 2.49. The number of rotatable bonds is 6. The number of nitrogens with zero attached hydrogens (tertiary/aromatic N) is 1. The lowest BCUT2D eigenvalue weighted by molar-refractivity contribution is 0.236. The van der Waals surface area contributed by atoms with Crippen LogP contribution in [0.4, 0.5) is 0 Å². The average molecular weight is 284 g/mol. The molecule has 0 aliphatic heterocycles. The quantitative estimate of drug-likeness (QED) is 0.885. The maximum atomic E-state index is 6.12. The molecule has 2 aromatic rings. The Balaban J connectivity index is 2.05. The molecule has 0 heterocycles. The summed E-state index contributed by atoms with van der Waals surface area (Å²) in [4.78, 5) is 2.39. The fourth-order valence-corrected chi connectivity index (χ4v) is 3.15. The Kier molecular flexibility index (Phi) is 4.13. The van der Waals surface area contributed by atoms with Crippen molar-refractivity contribution in [1.82, 2.24) is 4.90 Å². The summed E-state index contributed by atoms with van der Waals surface area (Å²) in [5.74, 6) is 1.79. The molecule has 3 rings (SSSR count). The minimum Gasteiger partial charge on any atom is -0.496 e. The van der Waals surface area contributed by atoms with Crippen LogP contribution in [-0.2, 0) is 0 Å². The van der Waals surface area contributed by atoms with Crippen molar-refractivity contribution in [2.24, 2.45) is 11.7 Å². The average Bonchev–Trinajstić information content (AvgIpc) is 3.32. The van der Waals surface area contributed by atoms with Crippen molar-refractivity contribution < 1.29 is 4.74 Å². The standard InChI is InChI=1S/C18H24N2O/c1-20(12-13-7-8-13)16(11-19)18-15-6-4-3-5-14(15)9-10-17(18)21-2/h3-6,9-10,13,16H,7-8,11-12,19H2,1-2H3. The molecule has 21 heavy (non-hydrogen) atoms. The van der Waals surface area contributed by atoms with E-state index < -0.39 is 0 Å². The topological polar surface area (TPSA) is 38.5 Å². The van der Waals surface area contributed by atoms with Crippen molar-refractivity contribution in [3.63, 3.8) is 0 Å². The van der Waals surface area contributed by atoms with Gasteiger partial charge in [-0.2, -0.15) is 0 Å². The van der Waals surface area contributed by atoms with Crippen LogP contribution < -0.4 is 10.5 Å². The summed E-state index contributed by atoms with van der Waals surface area (Å²) in [6.07, 6.45) is 2.71. The van der Waals surface area contributed by atoms with Gasteiger partial charge < -0.3 is 10.5 Å². The molecule has 1 fully saturated rings. The van der Waals surface area contributed by atoms with Crippen molar-refractivity contribution in [2.75, 3.05) is 27.2 Å². The highest BCUT2D eigenvalue weighted by Gasteiger charge is 2.28. The summed E-state index contributed by atoms with van der Waals surface area (Å²) in [5.41, 5.74) is 7.34. The monoisotopic (exact) mass is 284 g/mol. The molecule has 2 aromatic carbocycles. The summed E-state index contributed by atoms with van der Waals surface area (Å²) >= 11 is 0. The van der Waals surface area contributed by atoms with E-state index in [0.717, 1.165) is 18.2 Å². The largest absolute Gasteiger partial charge is 0.496 e. The lowest BCUT2D eigenvalue weighted by Gasteiger charge is -2.29. The van der Waals surface area contributed by atoms with Crippen molar-refractivity contribution in [3.05, 3.63) is 42.0 Å². The number of fused-ring (bicyclic) bond motifs is 1. The molecule has 2 N–H and O–H groups in total. The first-order valence-electron chi connectivity index (χ1n) is 7.70. The van der Waals surface area contributed by atoms with Gasteiger partial charge in [0, 0.05) is 18.7 Å². The minimum atomic E-state index is 0.201. The Morgan fingerprint density at radius 1 is 1.24 bits per heavy atom. The van der Waals surface area contributed by atoms with Crippen LogP contribution in [0.5, 0.6) is 5.75 Å². The van der Waals surface area contributed by atoms with E-state index in [1.165, 1.54) is 29.2 Å². The molecule has 0 bridgehead atoms. The van der Waals surface area contributed by atoms with Crippen LogP contribution in [0.1, 0.15) is 24.4 Å². The molecule has 0 aromatic heterocycles. The second-order valence-electron chi connectivity index (χ2n) is 6.04. The van der Waals surface area contributed by atoms with E-state index in [2.05, 4.69) is 48.3 Å². The summed E-state index contributed by atoms with van der Waals surface area (Å²) in [6.45, 7) is 1.72. The van der Waals surface area contributed by atoms with Crippen molar-refractivity contribution in [2.45, 2.75) is 18.9 Å². The Hall–Kier alpha value is -1.58. The third kappa shape index (κ3) is 2.89. The van der Waals surface area contributed by atoms with E-state index >= 15 is 0 Å². The lowest BCUT2D eigenvalue weighted by atomic mass is 9.96. The second kappa shape index (κ2) is 6.04. The molecule has 3 heteroatoms. The van der Waals surface area contributed by atoms with Crippen LogP contribution in [0.3, 0.4) is 0 Å². The molecule has 1 atom stereocenters. The smallest absolute Gasteiger partial charge is 0.124 e. The molecule has 0 radical (unpaired) electrons. The predicted molar refractivity (Wildman–Crippen MR) is 87.6 cm³/mol. The molecular formula is C18H24N2O. The fraction of sp³-hybridized carbons (Fsp3) is 0.444. The summed E-state index contributed by atoms with van der Waals surface area (Å²) < 4.78 is 5.62. The first kappa shape index (κ1) is 14.4. The number of ether oxygens (including phenoxy) is 1. The van der Waals surface area contributed by atoms with Gasteiger partial charge in [0.25, 0.3) is 0 Å². The fourth-order valence-electron chi connectivity index (χ4n) is 3.15. The van der Waals surface area contributed by atoms with Crippen LogP contribution in [-0.4, -0.2) is 32.1 Å². The van der Waals surface area contributed by atoms with Gasteiger partial charge in [-0.05, 0) is 42.6 Å². The summed E-state index contributed by atoms with van der Waals surface area (Å²) in [7, 11) is 3.92. The first-order valence-corrected chi connectivity index (χ1v) is 7.70. The van der Waals surface area contributed by atoms with Gasteiger partial charge in [0.05, 0.1) is 13.2 Å². The molecule has 3 nitrogen and oxygen atoms in total. The van der Waals surface area contributed by atoms with Gasteiger partial charge in [-0.15, -0.1) is 0 Å². The number of benzene rings is 2. The lowest BCUT2D eigenvalue weighted by Crippen LogP contribution is -2.32. The van der Waals surface area contributed by atoms with E-state index in [1.807, 2.05) is 0 Å². The SMILES string of the molecule is COc1ccc2ccccc2c1C(CN)N(C)CC1CC1. The second-order valence-corrected chi connectivity index (χ2v) is 6.04. The van der Waals surface area contributed by atoms with E-state index in [9.17, 15) is 0 Å². The van der Waals surface area contributed by atoms with Gasteiger partial charge >= 0.3 is 0 Å². The molecule has 1 aliphatic rings. The minimum absolute atomic E-state index is 0.201. The highest BCUT2D eigenvalue weighted by Crippen LogP contribution is 2.37. The first-order chi connectivity index (χ1) is 10.2. The van der Waals surface area contributed by atoms with E-state index in [4.69, 9.17) is 10.5 Å². The van der Waals surface area contributed by atoms with Gasteiger partial charge in [-0.3, -0.25) is 4.90 Å². The maximum Gasteiger partial charge on any atom is 0.124 e. The maximum absolute atomic E-state index is 6.12. The molecule has 0 amide bonds. The number of hydrogen-bond acceptors (Lipinski definition) is 3. The molecule has 1 unspecified atom stereocenters. The van der Waals surface area contributed by atoms with Crippen LogP contribution in [0.2, 0.25) is 0 Å². The molecule has 1 saturated carbocycles. The highest BCUT2D eigenvalue weighted by molar-refractivity contribution is 5.88. The van der Waals surface area contributed by atoms with Crippen LogP contribution in [0.15, 0.2) is 36.4 Å². The zero-order chi connectivity index (χ0) is 14.8. The number of nitrogens with two attached hydrogens (primary N) is 1. The normalized spacial score (nSPS) is 16.4. The van der Waals surface area contributed by atoms with Crippen LogP contribution in [0.25, 0.3) is 10.8 Å². The van der Waals surface area contributed by atoms with Crippen LogP contribution in [0, 0.1) is 5.92 Å². The molecule has 1 aliphatic carbocycles.